The van der Waals surface area contributed by atoms with Gasteiger partial charge >= 0.3 is 0 Å². The van der Waals surface area contributed by atoms with Crippen LogP contribution >= 0.6 is 11.3 Å². The number of aromatic nitrogens is 2. The van der Waals surface area contributed by atoms with Crippen molar-refractivity contribution in [3.05, 3.63) is 76.4 Å². The van der Waals surface area contributed by atoms with Gasteiger partial charge in [-0.3, -0.25) is 9.78 Å². The van der Waals surface area contributed by atoms with Gasteiger partial charge in [0.2, 0.25) is 0 Å². The minimum Gasteiger partial charge on any atom is -0.369 e. The topological polar surface area (TPSA) is 79.0 Å². The Morgan fingerprint density at radius 1 is 1.26 bits per heavy atom. The minimum absolute atomic E-state index is 0.00616. The van der Waals surface area contributed by atoms with E-state index in [1.807, 2.05) is 42.7 Å². The molecule has 4 heterocycles. The van der Waals surface area contributed by atoms with Crippen LogP contribution in [-0.2, 0) is 11.2 Å². The Morgan fingerprint density at radius 2 is 2.23 bits per heavy atom. The molecule has 158 valence electrons. The van der Waals surface area contributed by atoms with Crippen LogP contribution in [0.3, 0.4) is 0 Å². The zero-order valence-corrected chi connectivity index (χ0v) is 17.9. The molecule has 31 heavy (non-hydrogen) atoms. The smallest absolute Gasteiger partial charge is 0.251 e. The summed E-state index contributed by atoms with van der Waals surface area (Å²) < 4.78 is 5.78. The van der Waals surface area contributed by atoms with Crippen LogP contribution in [0, 0.1) is 0 Å². The lowest BCUT2D eigenvalue weighted by molar-refractivity contribution is 0.0250. The maximum Gasteiger partial charge on any atom is 0.251 e. The lowest BCUT2D eigenvalue weighted by atomic mass is 10.0. The lowest BCUT2D eigenvalue weighted by Gasteiger charge is -2.23. The molecule has 3 aromatic heterocycles. The molecule has 1 saturated heterocycles. The van der Waals surface area contributed by atoms with Gasteiger partial charge in [0.1, 0.15) is 6.10 Å². The number of fused-ring (bicyclic) bond motifs is 1. The highest BCUT2D eigenvalue weighted by molar-refractivity contribution is 7.09. The SMILES string of the molecule is O=C(NCCc1cccs1)c1ccc2c(-c3ccc(C4CNCCO4)nc3)c[nH]c2c1. The number of nitrogens with one attached hydrogen (secondary N) is 3. The zero-order chi connectivity index (χ0) is 21.0. The summed E-state index contributed by atoms with van der Waals surface area (Å²) in [5.74, 6) is -0.0540. The van der Waals surface area contributed by atoms with Crippen LogP contribution in [0.15, 0.2) is 60.2 Å². The van der Waals surface area contributed by atoms with E-state index in [1.54, 1.807) is 11.3 Å². The summed E-state index contributed by atoms with van der Waals surface area (Å²) in [7, 11) is 0. The lowest BCUT2D eigenvalue weighted by Crippen LogP contribution is -2.33. The van der Waals surface area contributed by atoms with Gasteiger partial charge in [-0.15, -0.1) is 11.3 Å². The molecule has 1 aliphatic heterocycles. The molecule has 1 aromatic carbocycles. The molecule has 0 bridgehead atoms. The molecular weight excluding hydrogens is 408 g/mol. The highest BCUT2D eigenvalue weighted by Gasteiger charge is 2.17. The third-order valence-corrected chi connectivity index (χ3v) is 6.47. The fraction of sp³-hybridized carbons (Fsp3) is 0.250. The van der Waals surface area contributed by atoms with Crippen molar-refractivity contribution >= 4 is 28.1 Å². The molecule has 0 aliphatic carbocycles. The first-order chi connectivity index (χ1) is 15.3. The molecule has 3 N–H and O–H groups in total. The summed E-state index contributed by atoms with van der Waals surface area (Å²) >= 11 is 1.71. The Morgan fingerprint density at radius 3 is 3.00 bits per heavy atom. The Hall–Kier alpha value is -3.00. The molecule has 1 aliphatic rings. The number of carbonyl (C=O) groups excluding carboxylic acids is 1. The van der Waals surface area contributed by atoms with Gasteiger partial charge in [-0.05, 0) is 36.1 Å². The van der Waals surface area contributed by atoms with Crippen LogP contribution in [0.25, 0.3) is 22.0 Å². The predicted octanol–water partition coefficient (Wildman–Crippen LogP) is 3.92. The maximum atomic E-state index is 12.5. The molecule has 5 rings (SSSR count). The standard InChI is InChI=1S/C24H24N4O2S/c29-24(26-8-7-18-2-1-11-31-18)16-3-5-19-20(14-28-22(19)12-16)17-4-6-21(27-13-17)23-15-25-9-10-30-23/h1-6,11-14,23,25,28H,7-10,15H2,(H,26,29). The van der Waals surface area contributed by atoms with Crippen LogP contribution < -0.4 is 10.6 Å². The summed E-state index contributed by atoms with van der Waals surface area (Å²) in [4.78, 5) is 21.7. The predicted molar refractivity (Wildman–Crippen MR) is 123 cm³/mol. The first kappa shape index (κ1) is 19.9. The Labute approximate surface area is 184 Å². The molecule has 4 aromatic rings. The number of morpholine rings is 1. The molecule has 0 spiro atoms. The molecule has 6 nitrogen and oxygen atoms in total. The summed E-state index contributed by atoms with van der Waals surface area (Å²) in [5, 5.41) is 9.46. The molecule has 1 unspecified atom stereocenters. The van der Waals surface area contributed by atoms with E-state index in [-0.39, 0.29) is 12.0 Å². The average molecular weight is 433 g/mol. The highest BCUT2D eigenvalue weighted by Crippen LogP contribution is 2.29. The second-order valence-electron chi connectivity index (χ2n) is 7.58. The number of rotatable bonds is 6. The first-order valence-electron chi connectivity index (χ1n) is 10.5. The molecule has 0 radical (unpaired) electrons. The van der Waals surface area contributed by atoms with Crippen molar-refractivity contribution in [2.45, 2.75) is 12.5 Å². The van der Waals surface area contributed by atoms with Crippen LogP contribution in [0.1, 0.15) is 27.0 Å². The number of aromatic amines is 1. The van der Waals surface area contributed by atoms with Gasteiger partial charge in [0, 0.05) is 64.5 Å². The second-order valence-corrected chi connectivity index (χ2v) is 8.62. The number of carbonyl (C=O) groups is 1. The molecule has 1 atom stereocenters. The van der Waals surface area contributed by atoms with Crippen molar-refractivity contribution in [3.8, 4) is 11.1 Å². The molecule has 7 heteroatoms. The number of H-pyrrole nitrogens is 1. The van der Waals surface area contributed by atoms with E-state index in [9.17, 15) is 4.79 Å². The summed E-state index contributed by atoms with van der Waals surface area (Å²) in [5.41, 5.74) is 4.64. The van der Waals surface area contributed by atoms with E-state index in [2.05, 4.69) is 38.1 Å². The fourth-order valence-electron chi connectivity index (χ4n) is 3.87. The summed E-state index contributed by atoms with van der Waals surface area (Å²) in [6.45, 7) is 3.02. The molecule has 1 fully saturated rings. The number of pyridine rings is 1. The number of ether oxygens (including phenoxy) is 1. The largest absolute Gasteiger partial charge is 0.369 e. The van der Waals surface area contributed by atoms with Crippen molar-refractivity contribution in [1.82, 2.24) is 20.6 Å². The molecule has 1 amide bonds. The normalized spacial score (nSPS) is 16.5. The summed E-state index contributed by atoms with van der Waals surface area (Å²) in [6, 6.07) is 14.0. The van der Waals surface area contributed by atoms with Gasteiger partial charge in [-0.2, -0.15) is 0 Å². The Kier molecular flexibility index (Phi) is 5.80. The van der Waals surface area contributed by atoms with Crippen molar-refractivity contribution in [2.75, 3.05) is 26.2 Å². The fourth-order valence-corrected chi connectivity index (χ4v) is 4.58. The van der Waals surface area contributed by atoms with E-state index in [0.717, 1.165) is 47.2 Å². The van der Waals surface area contributed by atoms with Crippen LogP contribution in [-0.4, -0.2) is 42.1 Å². The van der Waals surface area contributed by atoms with Gasteiger partial charge in [0.25, 0.3) is 5.91 Å². The van der Waals surface area contributed by atoms with Gasteiger partial charge in [0.05, 0.1) is 12.3 Å². The quantitative estimate of drug-likeness (QED) is 0.431. The molecular formula is C24H24N4O2S. The van der Waals surface area contributed by atoms with Gasteiger partial charge in [-0.25, -0.2) is 0 Å². The number of hydrogen-bond donors (Lipinski definition) is 3. The average Bonchev–Trinajstić information content (AvgIpc) is 3.49. The second kappa shape index (κ2) is 9.01. The van der Waals surface area contributed by atoms with E-state index in [1.165, 1.54) is 4.88 Å². The third kappa shape index (κ3) is 4.39. The maximum absolute atomic E-state index is 12.5. The minimum atomic E-state index is -0.0540. The number of benzene rings is 1. The van der Waals surface area contributed by atoms with Crippen LogP contribution in [0.2, 0.25) is 0 Å². The number of amides is 1. The first-order valence-corrected chi connectivity index (χ1v) is 11.4. The van der Waals surface area contributed by atoms with Crippen LogP contribution in [0.5, 0.6) is 0 Å². The van der Waals surface area contributed by atoms with Gasteiger partial charge < -0.3 is 20.4 Å². The Bertz CT molecular complexity index is 1160. The van der Waals surface area contributed by atoms with Crippen molar-refractivity contribution in [3.63, 3.8) is 0 Å². The van der Waals surface area contributed by atoms with Gasteiger partial charge in [0.15, 0.2) is 0 Å². The number of thiophene rings is 1. The van der Waals surface area contributed by atoms with E-state index in [0.29, 0.717) is 18.7 Å². The van der Waals surface area contributed by atoms with Crippen molar-refractivity contribution in [2.24, 2.45) is 0 Å². The summed E-state index contributed by atoms with van der Waals surface area (Å²) in [6.07, 6.45) is 4.72. The monoisotopic (exact) mass is 432 g/mol. The Balaban J connectivity index is 1.29. The van der Waals surface area contributed by atoms with Gasteiger partial charge in [-0.1, -0.05) is 18.2 Å². The van der Waals surface area contributed by atoms with Crippen LogP contribution in [0.4, 0.5) is 0 Å². The van der Waals surface area contributed by atoms with Crippen molar-refractivity contribution in [1.29, 1.82) is 0 Å². The zero-order valence-electron chi connectivity index (χ0n) is 17.1. The van der Waals surface area contributed by atoms with E-state index < -0.39 is 0 Å². The number of hydrogen-bond acceptors (Lipinski definition) is 5. The number of nitrogens with zero attached hydrogens (tertiary/aromatic N) is 1. The van der Waals surface area contributed by atoms with Crippen molar-refractivity contribution < 1.29 is 9.53 Å². The van der Waals surface area contributed by atoms with E-state index in [4.69, 9.17) is 4.74 Å². The third-order valence-electron chi connectivity index (χ3n) is 5.54. The highest BCUT2D eigenvalue weighted by atomic mass is 32.1. The van der Waals surface area contributed by atoms with E-state index >= 15 is 0 Å². The molecule has 0 saturated carbocycles.